The van der Waals surface area contributed by atoms with Crippen molar-refractivity contribution in [1.29, 1.82) is 0 Å². The first kappa shape index (κ1) is 15.4. The van der Waals surface area contributed by atoms with Crippen molar-refractivity contribution in [2.24, 2.45) is 0 Å². The molecule has 2 aromatic rings. The van der Waals surface area contributed by atoms with Gasteiger partial charge in [0.15, 0.2) is 0 Å². The molecular formula is C15H14Cl3NO. The molecule has 1 aromatic carbocycles. The Balaban J connectivity index is 2.37. The molecule has 0 amide bonds. The van der Waals surface area contributed by atoms with Gasteiger partial charge in [-0.1, -0.05) is 37.0 Å². The van der Waals surface area contributed by atoms with E-state index < -0.39 is 0 Å². The number of pyridine rings is 1. The quantitative estimate of drug-likeness (QED) is 0.637. The molecule has 0 aliphatic rings. The summed E-state index contributed by atoms with van der Waals surface area (Å²) in [4.78, 5) is 4.46. The normalized spacial score (nSPS) is 10.9. The minimum Gasteiger partial charge on any atom is -0.437 e. The van der Waals surface area contributed by atoms with E-state index in [-0.39, 0.29) is 5.92 Å². The molecule has 0 aliphatic heterocycles. The molecule has 0 radical (unpaired) electrons. The number of rotatable bonds is 4. The van der Waals surface area contributed by atoms with Crippen molar-refractivity contribution in [3.8, 4) is 11.6 Å². The van der Waals surface area contributed by atoms with Crippen LogP contribution >= 0.6 is 34.8 Å². The number of aromatic nitrogens is 1. The Morgan fingerprint density at radius 3 is 2.55 bits per heavy atom. The van der Waals surface area contributed by atoms with Gasteiger partial charge < -0.3 is 4.74 Å². The van der Waals surface area contributed by atoms with E-state index in [1.807, 2.05) is 6.07 Å². The molecule has 20 heavy (non-hydrogen) atoms. The summed E-state index contributed by atoms with van der Waals surface area (Å²) in [6.45, 7) is 4.13. The number of alkyl halides is 1. The first-order valence-corrected chi connectivity index (χ1v) is 7.48. The zero-order valence-corrected chi connectivity index (χ0v) is 13.4. The van der Waals surface area contributed by atoms with Crippen molar-refractivity contribution in [3.05, 3.63) is 51.6 Å². The van der Waals surface area contributed by atoms with Crippen LogP contribution in [-0.4, -0.2) is 4.98 Å². The Kier molecular flexibility index (Phi) is 5.14. The van der Waals surface area contributed by atoms with Crippen LogP contribution < -0.4 is 4.74 Å². The van der Waals surface area contributed by atoms with E-state index in [4.69, 9.17) is 39.5 Å². The van der Waals surface area contributed by atoms with Gasteiger partial charge in [0, 0.05) is 28.7 Å². The first-order valence-electron chi connectivity index (χ1n) is 6.19. The van der Waals surface area contributed by atoms with Gasteiger partial charge in [-0.2, -0.15) is 0 Å². The lowest BCUT2D eigenvalue weighted by Crippen LogP contribution is -1.98. The van der Waals surface area contributed by atoms with Crippen LogP contribution in [0.15, 0.2) is 30.3 Å². The number of halogens is 3. The van der Waals surface area contributed by atoms with Crippen LogP contribution in [0.4, 0.5) is 0 Å². The van der Waals surface area contributed by atoms with Crippen LogP contribution in [0, 0.1) is 0 Å². The van der Waals surface area contributed by atoms with Gasteiger partial charge in [0.2, 0.25) is 5.88 Å². The summed E-state index contributed by atoms with van der Waals surface area (Å²) >= 11 is 17.9. The van der Waals surface area contributed by atoms with E-state index in [0.29, 0.717) is 27.6 Å². The van der Waals surface area contributed by atoms with Crippen LogP contribution in [0.25, 0.3) is 0 Å². The van der Waals surface area contributed by atoms with Gasteiger partial charge in [0.1, 0.15) is 5.75 Å². The fourth-order valence-electron chi connectivity index (χ4n) is 1.68. The number of nitrogens with zero attached hydrogens (tertiary/aromatic N) is 1. The Labute approximate surface area is 133 Å². The Hall–Kier alpha value is -0.960. The molecule has 1 heterocycles. The fraction of sp³-hybridized carbons (Fsp3) is 0.267. The van der Waals surface area contributed by atoms with Crippen molar-refractivity contribution >= 4 is 34.8 Å². The van der Waals surface area contributed by atoms with Crippen LogP contribution in [-0.2, 0) is 5.88 Å². The maximum atomic E-state index is 6.08. The molecular weight excluding hydrogens is 317 g/mol. The average Bonchev–Trinajstić information content (AvgIpc) is 2.42. The summed E-state index contributed by atoms with van der Waals surface area (Å²) in [6.07, 6.45) is 0. The second-order valence-electron chi connectivity index (χ2n) is 4.70. The minimum absolute atomic E-state index is 0.287. The second-order valence-corrected chi connectivity index (χ2v) is 5.81. The third kappa shape index (κ3) is 3.78. The van der Waals surface area contributed by atoms with Gasteiger partial charge in [-0.05, 0) is 29.7 Å². The summed E-state index contributed by atoms with van der Waals surface area (Å²) in [5, 5.41) is 1.04. The molecule has 2 rings (SSSR count). The monoisotopic (exact) mass is 329 g/mol. The van der Waals surface area contributed by atoms with Gasteiger partial charge in [-0.25, -0.2) is 4.98 Å². The Bertz CT molecular complexity index is 614. The summed E-state index contributed by atoms with van der Waals surface area (Å²) in [6, 6.07) is 8.83. The van der Waals surface area contributed by atoms with Crippen LogP contribution in [0.2, 0.25) is 10.0 Å². The standard InChI is InChI=1S/C15H14Cl3NO/c1-9(2)13-5-10(8-16)6-15(19-13)20-14-7-11(17)3-4-12(14)18/h3-7,9H,8H2,1-2H3. The van der Waals surface area contributed by atoms with Gasteiger partial charge in [0.05, 0.1) is 5.02 Å². The maximum Gasteiger partial charge on any atom is 0.219 e. The molecule has 5 heteroatoms. The molecule has 0 spiro atoms. The van der Waals surface area contributed by atoms with Crippen molar-refractivity contribution in [3.63, 3.8) is 0 Å². The number of benzene rings is 1. The number of ether oxygens (including phenoxy) is 1. The number of hydrogen-bond donors (Lipinski definition) is 0. The highest BCUT2D eigenvalue weighted by Crippen LogP contribution is 2.32. The predicted molar refractivity (Wildman–Crippen MR) is 84.4 cm³/mol. The first-order chi connectivity index (χ1) is 9.49. The summed E-state index contributed by atoms with van der Waals surface area (Å²) in [5.74, 6) is 1.64. The van der Waals surface area contributed by atoms with Gasteiger partial charge in [-0.3, -0.25) is 0 Å². The smallest absolute Gasteiger partial charge is 0.219 e. The molecule has 0 saturated carbocycles. The molecule has 2 nitrogen and oxygen atoms in total. The zero-order chi connectivity index (χ0) is 14.7. The molecule has 1 aromatic heterocycles. The highest BCUT2D eigenvalue weighted by Gasteiger charge is 2.10. The van der Waals surface area contributed by atoms with E-state index >= 15 is 0 Å². The van der Waals surface area contributed by atoms with E-state index in [9.17, 15) is 0 Å². The fourth-order valence-corrected chi connectivity index (χ4v) is 2.15. The van der Waals surface area contributed by atoms with Gasteiger partial charge >= 0.3 is 0 Å². The molecule has 106 valence electrons. The van der Waals surface area contributed by atoms with Crippen LogP contribution in [0.1, 0.15) is 31.0 Å². The minimum atomic E-state index is 0.287. The van der Waals surface area contributed by atoms with Gasteiger partial charge in [0.25, 0.3) is 0 Å². The molecule has 0 atom stereocenters. The molecule has 0 bridgehead atoms. The third-order valence-corrected chi connectivity index (χ3v) is 3.59. The van der Waals surface area contributed by atoms with Crippen LogP contribution in [0.3, 0.4) is 0 Å². The van der Waals surface area contributed by atoms with Crippen molar-refractivity contribution < 1.29 is 4.74 Å². The lowest BCUT2D eigenvalue weighted by atomic mass is 10.1. The van der Waals surface area contributed by atoms with E-state index in [1.54, 1.807) is 24.3 Å². The van der Waals surface area contributed by atoms with Crippen molar-refractivity contribution in [1.82, 2.24) is 4.98 Å². The highest BCUT2D eigenvalue weighted by atomic mass is 35.5. The topological polar surface area (TPSA) is 22.1 Å². The summed E-state index contributed by atoms with van der Waals surface area (Å²) in [7, 11) is 0. The molecule has 0 fully saturated rings. The Morgan fingerprint density at radius 1 is 1.15 bits per heavy atom. The summed E-state index contributed by atoms with van der Waals surface area (Å²) in [5.41, 5.74) is 1.88. The molecule has 0 aliphatic carbocycles. The largest absolute Gasteiger partial charge is 0.437 e. The maximum absolute atomic E-state index is 6.08. The van der Waals surface area contributed by atoms with Crippen molar-refractivity contribution in [2.75, 3.05) is 0 Å². The SMILES string of the molecule is CC(C)c1cc(CCl)cc(Oc2cc(Cl)ccc2Cl)n1. The van der Waals surface area contributed by atoms with Crippen LogP contribution in [0.5, 0.6) is 11.6 Å². The van der Waals surface area contributed by atoms with E-state index in [0.717, 1.165) is 11.3 Å². The molecule has 0 unspecified atom stereocenters. The number of hydrogen-bond acceptors (Lipinski definition) is 2. The van der Waals surface area contributed by atoms with E-state index in [1.165, 1.54) is 0 Å². The average molecular weight is 331 g/mol. The molecule has 0 N–H and O–H groups in total. The highest BCUT2D eigenvalue weighted by molar-refractivity contribution is 6.34. The Morgan fingerprint density at radius 2 is 1.90 bits per heavy atom. The lowest BCUT2D eigenvalue weighted by Gasteiger charge is -2.12. The predicted octanol–water partition coefficient (Wildman–Crippen LogP) is 6.04. The van der Waals surface area contributed by atoms with Crippen molar-refractivity contribution in [2.45, 2.75) is 25.6 Å². The van der Waals surface area contributed by atoms with Gasteiger partial charge in [-0.15, -0.1) is 11.6 Å². The zero-order valence-electron chi connectivity index (χ0n) is 11.2. The van der Waals surface area contributed by atoms with E-state index in [2.05, 4.69) is 18.8 Å². The molecule has 0 saturated heterocycles. The summed E-state index contributed by atoms with van der Waals surface area (Å²) < 4.78 is 5.74. The second kappa shape index (κ2) is 6.66. The third-order valence-electron chi connectivity index (χ3n) is 2.74. The lowest BCUT2D eigenvalue weighted by molar-refractivity contribution is 0.459.